The van der Waals surface area contributed by atoms with Crippen molar-refractivity contribution in [3.63, 3.8) is 0 Å². The molecule has 0 radical (unpaired) electrons. The van der Waals surface area contributed by atoms with Crippen molar-refractivity contribution in [2.45, 2.75) is 83.8 Å². The van der Waals surface area contributed by atoms with Crippen LogP contribution in [-0.2, 0) is 9.47 Å². The number of hydrogen-bond acceptors (Lipinski definition) is 3. The van der Waals surface area contributed by atoms with Crippen molar-refractivity contribution in [2.75, 3.05) is 13.2 Å². The zero-order chi connectivity index (χ0) is 17.3. The maximum Gasteiger partial charge on any atom is 0.174 e. The lowest BCUT2D eigenvalue weighted by atomic mass is 9.46. The SMILES string of the molecule is C[C@]12CCC(=N)CCC1CC[C@@H]1C2CC[C@@]2(C)C1CCC21OCCO1. The van der Waals surface area contributed by atoms with Gasteiger partial charge in [0.1, 0.15) is 0 Å². The molecule has 0 amide bonds. The number of fused-ring (bicyclic) bond motifs is 6. The van der Waals surface area contributed by atoms with Gasteiger partial charge in [0.15, 0.2) is 5.79 Å². The minimum atomic E-state index is -0.258. The van der Waals surface area contributed by atoms with Gasteiger partial charge in [-0.3, -0.25) is 0 Å². The molecule has 5 aliphatic rings. The first-order valence-electron chi connectivity index (χ1n) is 10.8. The first-order chi connectivity index (χ1) is 12.0. The van der Waals surface area contributed by atoms with Crippen molar-refractivity contribution < 1.29 is 9.47 Å². The largest absolute Gasteiger partial charge is 0.347 e. The van der Waals surface area contributed by atoms with Gasteiger partial charge in [-0.25, -0.2) is 0 Å². The molecule has 1 heterocycles. The molecule has 6 atom stereocenters. The number of rotatable bonds is 0. The Morgan fingerprint density at radius 2 is 1.60 bits per heavy atom. The van der Waals surface area contributed by atoms with Crippen molar-refractivity contribution in [1.29, 1.82) is 5.41 Å². The first kappa shape index (κ1) is 16.7. The van der Waals surface area contributed by atoms with Crippen LogP contribution in [0, 0.1) is 39.9 Å². The minimum absolute atomic E-state index is 0.227. The first-order valence-corrected chi connectivity index (χ1v) is 10.8. The Bertz CT molecular complexity index is 568. The number of nitrogens with one attached hydrogen (secondary N) is 1. The highest BCUT2D eigenvalue weighted by molar-refractivity contribution is 5.81. The second-order valence-corrected chi connectivity index (χ2v) is 10.2. The highest BCUT2D eigenvalue weighted by Crippen LogP contribution is 2.69. The van der Waals surface area contributed by atoms with Gasteiger partial charge >= 0.3 is 0 Å². The summed E-state index contributed by atoms with van der Waals surface area (Å²) in [7, 11) is 0. The summed E-state index contributed by atoms with van der Waals surface area (Å²) in [4.78, 5) is 0. The molecule has 3 unspecified atom stereocenters. The molecular formula is C22H35NO2. The maximum atomic E-state index is 8.22. The minimum Gasteiger partial charge on any atom is -0.347 e. The van der Waals surface area contributed by atoms with E-state index in [4.69, 9.17) is 14.9 Å². The van der Waals surface area contributed by atoms with Crippen LogP contribution in [0.1, 0.15) is 78.1 Å². The van der Waals surface area contributed by atoms with Gasteiger partial charge in [-0.05, 0) is 86.9 Å². The molecule has 1 spiro atoms. The molecule has 4 aliphatic carbocycles. The lowest BCUT2D eigenvalue weighted by Gasteiger charge is -2.59. The van der Waals surface area contributed by atoms with E-state index in [9.17, 15) is 0 Å². The summed E-state index contributed by atoms with van der Waals surface area (Å²) >= 11 is 0. The number of ether oxygens (including phenoxy) is 2. The lowest BCUT2D eigenvalue weighted by molar-refractivity contribution is -0.246. The summed E-state index contributed by atoms with van der Waals surface area (Å²) in [6.45, 7) is 6.67. The molecule has 4 saturated carbocycles. The van der Waals surface area contributed by atoms with Gasteiger partial charge in [0.05, 0.1) is 13.2 Å². The fourth-order valence-corrected chi connectivity index (χ4v) is 8.18. The predicted octanol–water partition coefficient (Wildman–Crippen LogP) is 5.18. The van der Waals surface area contributed by atoms with Crippen molar-refractivity contribution in [3.05, 3.63) is 0 Å². The van der Waals surface area contributed by atoms with E-state index < -0.39 is 0 Å². The van der Waals surface area contributed by atoms with Crippen molar-refractivity contribution in [2.24, 2.45) is 34.5 Å². The monoisotopic (exact) mass is 345 g/mol. The van der Waals surface area contributed by atoms with Crippen LogP contribution in [0.3, 0.4) is 0 Å². The summed E-state index contributed by atoms with van der Waals surface area (Å²) in [6, 6.07) is 0. The summed E-state index contributed by atoms with van der Waals surface area (Å²) < 4.78 is 12.5. The zero-order valence-electron chi connectivity index (χ0n) is 16.1. The molecular weight excluding hydrogens is 310 g/mol. The van der Waals surface area contributed by atoms with E-state index in [1.54, 1.807) is 0 Å². The van der Waals surface area contributed by atoms with Crippen molar-refractivity contribution in [3.8, 4) is 0 Å². The van der Waals surface area contributed by atoms with Crippen LogP contribution in [0.4, 0.5) is 0 Å². The average Bonchev–Trinajstić information content (AvgIpc) is 3.15. The molecule has 5 rings (SSSR count). The number of hydrogen-bond donors (Lipinski definition) is 1. The van der Waals surface area contributed by atoms with Gasteiger partial charge in [0.25, 0.3) is 0 Å². The van der Waals surface area contributed by atoms with Gasteiger partial charge in [-0.2, -0.15) is 0 Å². The Morgan fingerprint density at radius 3 is 2.40 bits per heavy atom. The highest BCUT2D eigenvalue weighted by Gasteiger charge is 2.66. The van der Waals surface area contributed by atoms with E-state index >= 15 is 0 Å². The fourth-order valence-electron chi connectivity index (χ4n) is 8.18. The molecule has 1 aliphatic heterocycles. The Labute approximate surface area is 152 Å². The molecule has 1 saturated heterocycles. The third-order valence-electron chi connectivity index (χ3n) is 9.62. The normalized spacial score (nSPS) is 51.7. The van der Waals surface area contributed by atoms with E-state index in [1.165, 1.54) is 44.9 Å². The summed E-state index contributed by atoms with van der Waals surface area (Å²) in [5, 5.41) is 8.22. The van der Waals surface area contributed by atoms with Gasteiger partial charge in [0, 0.05) is 17.5 Å². The van der Waals surface area contributed by atoms with Crippen LogP contribution in [0.5, 0.6) is 0 Å². The van der Waals surface area contributed by atoms with Gasteiger partial charge in [0.2, 0.25) is 0 Å². The summed E-state index contributed by atoms with van der Waals surface area (Å²) in [5.74, 6) is 3.11. The van der Waals surface area contributed by atoms with E-state index in [0.717, 1.165) is 61.9 Å². The standard InChI is InChI=1S/C22H35NO2/c1-20-10-7-16(23)5-3-15(20)4-6-17-18(20)8-11-21(2)19(17)9-12-22(21)24-13-14-25-22/h15,17-19,23H,3-14H2,1-2H3/t15?,17-,18?,19?,20+,21+/m1/s1. The van der Waals surface area contributed by atoms with Crippen LogP contribution in [-0.4, -0.2) is 24.7 Å². The second-order valence-electron chi connectivity index (χ2n) is 10.2. The predicted molar refractivity (Wildman–Crippen MR) is 98.7 cm³/mol. The van der Waals surface area contributed by atoms with Crippen molar-refractivity contribution >= 4 is 5.71 Å². The van der Waals surface area contributed by atoms with Crippen LogP contribution in [0.25, 0.3) is 0 Å². The molecule has 5 fully saturated rings. The van der Waals surface area contributed by atoms with E-state index in [-0.39, 0.29) is 11.2 Å². The summed E-state index contributed by atoms with van der Waals surface area (Å²) in [5.41, 5.74) is 1.71. The Balaban J connectivity index is 1.46. The van der Waals surface area contributed by atoms with Crippen LogP contribution in [0.15, 0.2) is 0 Å². The molecule has 0 bridgehead atoms. The van der Waals surface area contributed by atoms with Gasteiger partial charge in [-0.15, -0.1) is 0 Å². The Hall–Kier alpha value is -0.410. The van der Waals surface area contributed by atoms with Gasteiger partial charge in [-0.1, -0.05) is 13.8 Å². The molecule has 3 nitrogen and oxygen atoms in total. The Morgan fingerprint density at radius 1 is 0.840 bits per heavy atom. The van der Waals surface area contributed by atoms with E-state index in [2.05, 4.69) is 13.8 Å². The molecule has 140 valence electrons. The van der Waals surface area contributed by atoms with E-state index in [1.807, 2.05) is 0 Å². The highest BCUT2D eigenvalue weighted by atomic mass is 16.7. The molecule has 3 heteroatoms. The Kier molecular flexibility index (Phi) is 3.71. The van der Waals surface area contributed by atoms with Crippen LogP contribution >= 0.6 is 0 Å². The molecule has 25 heavy (non-hydrogen) atoms. The topological polar surface area (TPSA) is 42.3 Å². The second kappa shape index (κ2) is 5.55. The third-order valence-corrected chi connectivity index (χ3v) is 9.62. The third kappa shape index (κ3) is 2.15. The molecule has 1 N–H and O–H groups in total. The summed E-state index contributed by atoms with van der Waals surface area (Å²) in [6.07, 6.45) is 12.5. The molecule has 0 aromatic carbocycles. The average molecular weight is 346 g/mol. The van der Waals surface area contributed by atoms with E-state index in [0.29, 0.717) is 5.41 Å². The van der Waals surface area contributed by atoms with Gasteiger partial charge < -0.3 is 14.9 Å². The zero-order valence-corrected chi connectivity index (χ0v) is 16.1. The van der Waals surface area contributed by atoms with Crippen LogP contribution < -0.4 is 0 Å². The van der Waals surface area contributed by atoms with Crippen LogP contribution in [0.2, 0.25) is 0 Å². The maximum absolute atomic E-state index is 8.22. The fraction of sp³-hybridized carbons (Fsp3) is 0.955. The lowest BCUT2D eigenvalue weighted by Crippen LogP contribution is -2.55. The molecule has 0 aromatic rings. The smallest absolute Gasteiger partial charge is 0.174 e. The quantitative estimate of drug-likeness (QED) is 0.657. The van der Waals surface area contributed by atoms with Crippen molar-refractivity contribution in [1.82, 2.24) is 0 Å². The molecule has 0 aromatic heterocycles.